The second-order valence-corrected chi connectivity index (χ2v) is 8.73. The van der Waals surface area contributed by atoms with Gasteiger partial charge in [0.25, 0.3) is 10.1 Å². The van der Waals surface area contributed by atoms with Gasteiger partial charge in [0, 0.05) is 18.6 Å². The van der Waals surface area contributed by atoms with Crippen LogP contribution in [0.2, 0.25) is 0 Å². The molecular formula is C23H27NO6S. The summed E-state index contributed by atoms with van der Waals surface area (Å²) in [4.78, 5) is 4.54. The van der Waals surface area contributed by atoms with Gasteiger partial charge in [-0.1, -0.05) is 30.3 Å². The van der Waals surface area contributed by atoms with Gasteiger partial charge >= 0.3 is 0 Å². The molecule has 7 nitrogen and oxygen atoms in total. The predicted molar refractivity (Wildman–Crippen MR) is 117 cm³/mol. The van der Waals surface area contributed by atoms with E-state index >= 15 is 0 Å². The summed E-state index contributed by atoms with van der Waals surface area (Å²) in [5, 5.41) is 0. The molecule has 2 aromatic carbocycles. The summed E-state index contributed by atoms with van der Waals surface area (Å²) in [6, 6.07) is 17.3. The van der Waals surface area contributed by atoms with E-state index in [-0.39, 0.29) is 12.7 Å². The number of oxazole rings is 1. The molecule has 0 fully saturated rings. The lowest BCUT2D eigenvalue weighted by atomic mass is 10.1. The first-order valence-corrected chi connectivity index (χ1v) is 11.8. The lowest BCUT2D eigenvalue weighted by Crippen LogP contribution is -2.24. The third-order valence-electron chi connectivity index (χ3n) is 4.55. The molecule has 0 saturated heterocycles. The molecule has 0 spiro atoms. The molecule has 0 N–H and O–H groups in total. The van der Waals surface area contributed by atoms with Crippen LogP contribution < -0.4 is 4.74 Å². The van der Waals surface area contributed by atoms with Crippen molar-refractivity contribution in [2.45, 2.75) is 33.0 Å². The summed E-state index contributed by atoms with van der Waals surface area (Å²) in [7, 11) is -3.50. The molecular weight excluding hydrogens is 418 g/mol. The van der Waals surface area contributed by atoms with Crippen molar-refractivity contribution in [3.63, 3.8) is 0 Å². The molecule has 0 unspecified atom stereocenters. The van der Waals surface area contributed by atoms with E-state index in [0.717, 1.165) is 28.8 Å². The molecule has 1 heterocycles. The minimum atomic E-state index is -3.50. The van der Waals surface area contributed by atoms with Gasteiger partial charge in [0.1, 0.15) is 23.8 Å². The SMILES string of the molecule is CCO[C@H](COS(C)(=O)=O)Cc1ccc(OCc2nc(-c3ccccc3)oc2C)cc1. The van der Waals surface area contributed by atoms with Gasteiger partial charge in [-0.25, -0.2) is 4.98 Å². The van der Waals surface area contributed by atoms with E-state index in [2.05, 4.69) is 4.98 Å². The van der Waals surface area contributed by atoms with Crippen LogP contribution in [-0.4, -0.2) is 39.0 Å². The van der Waals surface area contributed by atoms with Crippen LogP contribution in [0, 0.1) is 6.92 Å². The van der Waals surface area contributed by atoms with Crippen molar-refractivity contribution in [3.05, 3.63) is 71.6 Å². The summed E-state index contributed by atoms with van der Waals surface area (Å²) < 4.78 is 44.5. The summed E-state index contributed by atoms with van der Waals surface area (Å²) in [5.74, 6) is 2.00. The first kappa shape index (κ1) is 23.0. The maximum absolute atomic E-state index is 11.2. The van der Waals surface area contributed by atoms with Crippen molar-refractivity contribution < 1.29 is 26.5 Å². The lowest BCUT2D eigenvalue weighted by molar-refractivity contribution is 0.0301. The molecule has 3 rings (SSSR count). The zero-order valence-corrected chi connectivity index (χ0v) is 18.7. The van der Waals surface area contributed by atoms with Crippen LogP contribution in [0.5, 0.6) is 5.75 Å². The summed E-state index contributed by atoms with van der Waals surface area (Å²) in [5.41, 5.74) is 2.66. The Labute approximate surface area is 183 Å². The highest BCUT2D eigenvalue weighted by atomic mass is 32.2. The summed E-state index contributed by atoms with van der Waals surface area (Å²) >= 11 is 0. The number of benzene rings is 2. The Morgan fingerprint density at radius 3 is 2.42 bits per heavy atom. The van der Waals surface area contributed by atoms with Crippen molar-refractivity contribution in [2.24, 2.45) is 0 Å². The van der Waals surface area contributed by atoms with Crippen LogP contribution in [0.4, 0.5) is 0 Å². The highest BCUT2D eigenvalue weighted by Gasteiger charge is 2.15. The average molecular weight is 446 g/mol. The van der Waals surface area contributed by atoms with Crippen LogP contribution in [0.15, 0.2) is 59.0 Å². The Balaban J connectivity index is 1.57. The van der Waals surface area contributed by atoms with Crippen LogP contribution >= 0.6 is 0 Å². The zero-order valence-electron chi connectivity index (χ0n) is 17.9. The third kappa shape index (κ3) is 7.20. The quantitative estimate of drug-likeness (QED) is 0.410. The Kier molecular flexibility index (Phi) is 7.84. The third-order valence-corrected chi connectivity index (χ3v) is 5.11. The van der Waals surface area contributed by atoms with E-state index in [9.17, 15) is 8.42 Å². The van der Waals surface area contributed by atoms with E-state index in [1.807, 2.05) is 68.4 Å². The van der Waals surface area contributed by atoms with Crippen LogP contribution in [0.25, 0.3) is 11.5 Å². The van der Waals surface area contributed by atoms with Crippen molar-refractivity contribution >= 4 is 10.1 Å². The maximum Gasteiger partial charge on any atom is 0.264 e. The predicted octanol–water partition coefficient (Wildman–Crippen LogP) is 4.15. The average Bonchev–Trinajstić information content (AvgIpc) is 3.12. The van der Waals surface area contributed by atoms with Gasteiger partial charge in [-0.2, -0.15) is 8.42 Å². The van der Waals surface area contributed by atoms with Crippen molar-refractivity contribution in [3.8, 4) is 17.2 Å². The molecule has 166 valence electrons. The summed E-state index contributed by atoms with van der Waals surface area (Å²) in [6.07, 6.45) is 1.22. The molecule has 0 aliphatic heterocycles. The second-order valence-electron chi connectivity index (χ2n) is 7.09. The Morgan fingerprint density at radius 2 is 1.77 bits per heavy atom. The minimum absolute atomic E-state index is 0.0138. The normalized spacial score (nSPS) is 12.6. The Bertz CT molecular complexity index is 1060. The number of aromatic nitrogens is 1. The molecule has 0 bridgehead atoms. The number of rotatable bonds is 11. The molecule has 0 aliphatic rings. The topological polar surface area (TPSA) is 87.9 Å². The fourth-order valence-corrected chi connectivity index (χ4v) is 3.40. The van der Waals surface area contributed by atoms with Crippen molar-refractivity contribution in [1.82, 2.24) is 4.98 Å². The van der Waals surface area contributed by atoms with Gasteiger partial charge in [-0.05, 0) is 43.7 Å². The van der Waals surface area contributed by atoms with E-state index in [4.69, 9.17) is 18.1 Å². The molecule has 8 heteroatoms. The largest absolute Gasteiger partial charge is 0.487 e. The molecule has 0 radical (unpaired) electrons. The molecule has 1 atom stereocenters. The first-order chi connectivity index (χ1) is 14.8. The van der Waals surface area contributed by atoms with E-state index in [1.54, 1.807) is 0 Å². The van der Waals surface area contributed by atoms with Crippen molar-refractivity contribution in [1.29, 1.82) is 0 Å². The fourth-order valence-electron chi connectivity index (χ4n) is 3.00. The molecule has 31 heavy (non-hydrogen) atoms. The number of aryl methyl sites for hydroxylation is 1. The monoisotopic (exact) mass is 445 g/mol. The fraction of sp³-hybridized carbons (Fsp3) is 0.348. The Hall–Kier alpha value is -2.68. The van der Waals surface area contributed by atoms with E-state index in [1.165, 1.54) is 0 Å². The van der Waals surface area contributed by atoms with Crippen LogP contribution in [0.3, 0.4) is 0 Å². The molecule has 3 aromatic rings. The highest BCUT2D eigenvalue weighted by Crippen LogP contribution is 2.23. The van der Waals surface area contributed by atoms with Crippen LogP contribution in [0.1, 0.15) is 23.9 Å². The number of ether oxygens (including phenoxy) is 2. The minimum Gasteiger partial charge on any atom is -0.487 e. The molecule has 0 aliphatic carbocycles. The number of nitrogens with zero attached hydrogens (tertiary/aromatic N) is 1. The van der Waals surface area contributed by atoms with Gasteiger partial charge < -0.3 is 13.9 Å². The smallest absolute Gasteiger partial charge is 0.264 e. The van der Waals surface area contributed by atoms with Gasteiger partial charge in [-0.15, -0.1) is 0 Å². The van der Waals surface area contributed by atoms with Crippen molar-refractivity contribution in [2.75, 3.05) is 19.5 Å². The van der Waals surface area contributed by atoms with Gasteiger partial charge in [0.2, 0.25) is 5.89 Å². The van der Waals surface area contributed by atoms with E-state index in [0.29, 0.717) is 31.3 Å². The Morgan fingerprint density at radius 1 is 1.06 bits per heavy atom. The standard InChI is InChI=1S/C23H27NO6S/c1-4-27-21(15-29-31(3,25)26)14-18-10-12-20(13-11-18)28-16-22-17(2)30-23(24-22)19-8-6-5-7-9-19/h5-13,21H,4,14-16H2,1-3H3/t21-/m0/s1. The van der Waals surface area contributed by atoms with Gasteiger partial charge in [0.05, 0.1) is 19.0 Å². The van der Waals surface area contributed by atoms with Crippen LogP contribution in [-0.2, 0) is 32.1 Å². The molecule has 0 amide bonds. The molecule has 0 saturated carbocycles. The second kappa shape index (κ2) is 10.6. The zero-order chi connectivity index (χ0) is 22.3. The van der Waals surface area contributed by atoms with Gasteiger partial charge in [0.15, 0.2) is 0 Å². The lowest BCUT2D eigenvalue weighted by Gasteiger charge is -2.16. The first-order valence-electron chi connectivity index (χ1n) is 10.0. The van der Waals surface area contributed by atoms with E-state index < -0.39 is 10.1 Å². The van der Waals surface area contributed by atoms with Gasteiger partial charge in [-0.3, -0.25) is 4.18 Å². The summed E-state index contributed by atoms with van der Waals surface area (Å²) in [6.45, 7) is 4.49. The number of hydrogen-bond donors (Lipinski definition) is 0. The maximum atomic E-state index is 11.2. The number of hydrogen-bond acceptors (Lipinski definition) is 7. The molecule has 1 aromatic heterocycles. The highest BCUT2D eigenvalue weighted by molar-refractivity contribution is 7.85.